The number of allylic oxidation sites excluding steroid dienone is 1. The van der Waals surface area contributed by atoms with E-state index in [0.717, 1.165) is 12.0 Å². The standard InChI is InChI=1S/C17H24O5/c1-6-9(2)7-10(3)14-17(5,20)15-12(8-21-14)13(18)11(4)16(19)22-15/h7,9,14,18,20H,6,8H2,1-5H3/b10-7+/t9-,14+,17-/m0/s1/i2+1,3+1,4+1,5+1,8+1. The van der Waals surface area contributed by atoms with Gasteiger partial charge in [0.2, 0.25) is 0 Å². The van der Waals surface area contributed by atoms with E-state index in [1.807, 2.05) is 6.92 Å². The first-order chi connectivity index (χ1) is 10.2. The molecule has 0 bridgehead atoms. The van der Waals surface area contributed by atoms with Gasteiger partial charge < -0.3 is 19.4 Å². The molecule has 5 nitrogen and oxygen atoms in total. The van der Waals surface area contributed by atoms with Crippen LogP contribution in [-0.4, -0.2) is 16.3 Å². The SMILES string of the molecule is CC[C@H]([13CH3])/C=C(\[13CH3])[C@H]1O[13CH2]c2c(oc(=O)c([13CH3])c2O)[C@@]1([13CH3])O. The molecule has 3 atom stereocenters. The zero-order valence-electron chi connectivity index (χ0n) is 13.8. The zero-order valence-corrected chi connectivity index (χ0v) is 13.8. The maximum atomic E-state index is 11.8. The van der Waals surface area contributed by atoms with Crippen LogP contribution in [0.15, 0.2) is 20.9 Å². The Kier molecular flexibility index (Phi) is 4.49. The second-order valence-electron chi connectivity index (χ2n) is 6.31. The summed E-state index contributed by atoms with van der Waals surface area (Å²) >= 11 is 0. The van der Waals surface area contributed by atoms with Crippen molar-refractivity contribution < 1.29 is 19.4 Å². The number of rotatable bonds is 3. The van der Waals surface area contributed by atoms with Gasteiger partial charge >= 0.3 is 5.63 Å². The molecule has 0 radical (unpaired) electrons. The Balaban J connectivity index is 2.51. The predicted octanol–water partition coefficient (Wildman–Crippen LogP) is 2.75. The molecule has 1 aliphatic rings. The molecule has 2 rings (SSSR count). The van der Waals surface area contributed by atoms with Crippen molar-refractivity contribution in [3.05, 3.63) is 39.0 Å². The van der Waals surface area contributed by atoms with E-state index < -0.39 is 17.3 Å². The smallest absolute Gasteiger partial charge is 0.342 e. The molecule has 0 saturated carbocycles. The first-order valence-electron chi connectivity index (χ1n) is 7.58. The van der Waals surface area contributed by atoms with Gasteiger partial charge in [-0.05, 0) is 32.3 Å². The number of aromatic hydroxyl groups is 1. The Morgan fingerprint density at radius 1 is 1.55 bits per heavy atom. The molecule has 1 aromatic heterocycles. The summed E-state index contributed by atoms with van der Waals surface area (Å²) in [6.07, 6.45) is 2.42. The fraction of sp³-hybridized carbons (Fsp3) is 0.588. The maximum Gasteiger partial charge on any atom is 0.342 e. The number of fused-ring (bicyclic) bond motifs is 1. The lowest BCUT2D eigenvalue weighted by Crippen LogP contribution is -2.44. The second-order valence-corrected chi connectivity index (χ2v) is 6.31. The van der Waals surface area contributed by atoms with E-state index >= 15 is 0 Å². The summed E-state index contributed by atoms with van der Waals surface area (Å²) in [6.45, 7) is 9.19. The topological polar surface area (TPSA) is 79.9 Å². The lowest BCUT2D eigenvalue weighted by atomic mass is 9.92. The van der Waals surface area contributed by atoms with Gasteiger partial charge in [0.15, 0.2) is 5.76 Å². The molecular formula is C17H24O5. The highest BCUT2D eigenvalue weighted by molar-refractivity contribution is 5.43. The molecule has 0 fully saturated rings. The zero-order chi connectivity index (χ0) is 16.7. The lowest BCUT2D eigenvalue weighted by Gasteiger charge is -2.38. The van der Waals surface area contributed by atoms with Gasteiger partial charge in [-0.3, -0.25) is 0 Å². The van der Waals surface area contributed by atoms with Crippen molar-refractivity contribution in [1.82, 2.24) is 0 Å². The van der Waals surface area contributed by atoms with Gasteiger partial charge in [0, 0.05) is 0 Å². The summed E-state index contributed by atoms with van der Waals surface area (Å²) in [5, 5.41) is 21.0. The van der Waals surface area contributed by atoms with E-state index in [0.29, 0.717) is 11.5 Å². The summed E-state index contributed by atoms with van der Waals surface area (Å²) < 4.78 is 11.0. The summed E-state index contributed by atoms with van der Waals surface area (Å²) in [5.74, 6) is 0.293. The first-order valence-corrected chi connectivity index (χ1v) is 7.58. The van der Waals surface area contributed by atoms with Crippen LogP contribution in [0.1, 0.15) is 51.0 Å². The average molecular weight is 313 g/mol. The minimum atomic E-state index is -1.51. The molecule has 1 aliphatic heterocycles. The Morgan fingerprint density at radius 3 is 2.77 bits per heavy atom. The Bertz CT molecular complexity index is 654. The first kappa shape index (κ1) is 16.8. The minimum absolute atomic E-state index is 0.0914. The Labute approximate surface area is 130 Å². The molecule has 1 aromatic rings. The Morgan fingerprint density at radius 2 is 2.18 bits per heavy atom. The quantitative estimate of drug-likeness (QED) is 0.662. The van der Waals surface area contributed by atoms with Crippen LogP contribution in [0.4, 0.5) is 0 Å². The largest absolute Gasteiger partial charge is 0.507 e. The third-order valence-corrected chi connectivity index (χ3v) is 4.39. The van der Waals surface area contributed by atoms with Crippen molar-refractivity contribution in [3.63, 3.8) is 0 Å². The number of aliphatic hydroxyl groups is 1. The van der Waals surface area contributed by atoms with Crippen molar-refractivity contribution in [1.29, 1.82) is 0 Å². The van der Waals surface area contributed by atoms with Crippen molar-refractivity contribution in [2.24, 2.45) is 5.92 Å². The molecular weight excluding hydrogens is 289 g/mol. The van der Waals surface area contributed by atoms with Gasteiger partial charge in [-0.2, -0.15) is 0 Å². The molecule has 0 aliphatic carbocycles. The van der Waals surface area contributed by atoms with Crippen LogP contribution < -0.4 is 5.63 Å². The van der Waals surface area contributed by atoms with Gasteiger partial charge in [-0.15, -0.1) is 0 Å². The highest BCUT2D eigenvalue weighted by Gasteiger charge is 2.45. The molecule has 0 saturated heterocycles. The minimum Gasteiger partial charge on any atom is -0.507 e. The molecule has 22 heavy (non-hydrogen) atoms. The highest BCUT2D eigenvalue weighted by Crippen LogP contribution is 2.41. The van der Waals surface area contributed by atoms with E-state index in [4.69, 9.17) is 9.15 Å². The molecule has 2 N–H and O–H groups in total. The van der Waals surface area contributed by atoms with Crippen molar-refractivity contribution in [2.75, 3.05) is 0 Å². The molecule has 0 aromatic carbocycles. The lowest BCUT2D eigenvalue weighted by molar-refractivity contribution is -0.122. The van der Waals surface area contributed by atoms with Crippen LogP contribution in [0.25, 0.3) is 0 Å². The maximum absolute atomic E-state index is 11.8. The molecule has 0 unspecified atom stereocenters. The number of ether oxygens (including phenoxy) is 1. The van der Waals surface area contributed by atoms with Gasteiger partial charge in [-0.1, -0.05) is 26.3 Å². The molecule has 5 heteroatoms. The van der Waals surface area contributed by atoms with E-state index in [2.05, 4.69) is 19.9 Å². The van der Waals surface area contributed by atoms with Crippen molar-refractivity contribution in [3.8, 4) is 5.75 Å². The molecule has 0 spiro atoms. The molecule has 122 valence electrons. The number of hydrogen-bond donors (Lipinski definition) is 2. The Hall–Kier alpha value is -1.59. The van der Waals surface area contributed by atoms with Crippen LogP contribution in [-0.2, 0) is 16.9 Å². The summed E-state index contributed by atoms with van der Waals surface area (Å²) in [4.78, 5) is 11.8. The van der Waals surface area contributed by atoms with E-state index in [1.165, 1.54) is 6.92 Å². The third-order valence-electron chi connectivity index (χ3n) is 4.39. The van der Waals surface area contributed by atoms with E-state index in [1.54, 1.807) is 6.92 Å². The van der Waals surface area contributed by atoms with E-state index in [-0.39, 0.29) is 23.7 Å². The average Bonchev–Trinajstić information content (AvgIpc) is 2.45. The van der Waals surface area contributed by atoms with Crippen molar-refractivity contribution >= 4 is 0 Å². The van der Waals surface area contributed by atoms with Crippen LogP contribution in [0.3, 0.4) is 0 Å². The van der Waals surface area contributed by atoms with Gasteiger partial charge in [0.25, 0.3) is 0 Å². The summed E-state index contributed by atoms with van der Waals surface area (Å²) in [5.41, 5.74) is -0.794. The summed E-state index contributed by atoms with van der Waals surface area (Å²) in [6, 6.07) is 0. The molecule has 0 amide bonds. The normalized spacial score (nSPS) is 26.6. The van der Waals surface area contributed by atoms with Gasteiger partial charge in [-0.25, -0.2) is 4.79 Å². The van der Waals surface area contributed by atoms with E-state index in [9.17, 15) is 15.0 Å². The highest BCUT2D eigenvalue weighted by atomic mass is 16.6. The van der Waals surface area contributed by atoms with Crippen LogP contribution in [0.2, 0.25) is 0 Å². The molecule has 2 heterocycles. The predicted molar refractivity (Wildman–Crippen MR) is 82.7 cm³/mol. The fourth-order valence-electron chi connectivity index (χ4n) is 2.88. The van der Waals surface area contributed by atoms with Gasteiger partial charge in [0.05, 0.1) is 17.7 Å². The van der Waals surface area contributed by atoms with Crippen LogP contribution >= 0.6 is 0 Å². The van der Waals surface area contributed by atoms with Crippen LogP contribution in [0, 0.1) is 12.8 Å². The second kappa shape index (κ2) is 5.89. The van der Waals surface area contributed by atoms with Crippen LogP contribution in [0.5, 0.6) is 5.75 Å². The number of hydrogen-bond acceptors (Lipinski definition) is 5. The fourth-order valence-corrected chi connectivity index (χ4v) is 2.88. The summed E-state index contributed by atoms with van der Waals surface area (Å²) in [7, 11) is 0. The monoisotopic (exact) mass is 313 g/mol. The van der Waals surface area contributed by atoms with Crippen molar-refractivity contribution in [2.45, 2.75) is 59.4 Å². The van der Waals surface area contributed by atoms with Gasteiger partial charge in [0.1, 0.15) is 17.5 Å². The third kappa shape index (κ3) is 2.71.